The van der Waals surface area contributed by atoms with Gasteiger partial charge in [-0.05, 0) is 30.2 Å². The van der Waals surface area contributed by atoms with Gasteiger partial charge in [-0.3, -0.25) is 4.98 Å². The lowest BCUT2D eigenvalue weighted by atomic mass is 10.1. The highest BCUT2D eigenvalue weighted by atomic mass is 16.5. The van der Waals surface area contributed by atoms with Crippen LogP contribution in [0.2, 0.25) is 0 Å². The second-order valence-electron chi connectivity index (χ2n) is 5.86. The Morgan fingerprint density at radius 3 is 2.77 bits per heavy atom. The predicted octanol–water partition coefficient (Wildman–Crippen LogP) is 4.52. The lowest BCUT2D eigenvalue weighted by Gasteiger charge is -2.14. The molecule has 0 aliphatic carbocycles. The first kappa shape index (κ1) is 17.6. The number of rotatable bonds is 7. The molecule has 3 aromatic rings. The Morgan fingerprint density at radius 2 is 2.00 bits per heavy atom. The van der Waals surface area contributed by atoms with Crippen molar-refractivity contribution in [3.8, 4) is 17.6 Å². The first-order chi connectivity index (χ1) is 12.8. The molecule has 0 saturated heterocycles. The smallest absolute Gasteiger partial charge is 0.161 e. The number of pyridine rings is 1. The summed E-state index contributed by atoms with van der Waals surface area (Å²) >= 11 is 0. The predicted molar refractivity (Wildman–Crippen MR) is 103 cm³/mol. The van der Waals surface area contributed by atoms with Gasteiger partial charge >= 0.3 is 0 Å². The summed E-state index contributed by atoms with van der Waals surface area (Å²) in [5.74, 6) is 1.45. The van der Waals surface area contributed by atoms with Crippen molar-refractivity contribution in [2.45, 2.75) is 19.9 Å². The normalized spacial score (nSPS) is 10.3. The maximum absolute atomic E-state index is 9.41. The van der Waals surface area contributed by atoms with Crippen molar-refractivity contribution in [1.29, 1.82) is 5.26 Å². The summed E-state index contributed by atoms with van der Waals surface area (Å²) in [6, 6.07) is 15.9. The van der Waals surface area contributed by atoms with Crippen molar-refractivity contribution >= 4 is 16.6 Å². The molecule has 5 nitrogen and oxygen atoms in total. The Hall–Kier alpha value is -3.26. The van der Waals surface area contributed by atoms with Crippen molar-refractivity contribution in [3.63, 3.8) is 0 Å². The number of nitrogens with zero attached hydrogens (tertiary/aromatic N) is 2. The second-order valence-corrected chi connectivity index (χ2v) is 5.86. The van der Waals surface area contributed by atoms with Gasteiger partial charge in [0.2, 0.25) is 0 Å². The number of fused-ring (bicyclic) bond motifs is 1. The fraction of sp³-hybridized carbons (Fsp3) is 0.238. The lowest BCUT2D eigenvalue weighted by molar-refractivity contribution is 0.294. The minimum Gasteiger partial charge on any atom is -0.493 e. The van der Waals surface area contributed by atoms with Gasteiger partial charge in [-0.1, -0.05) is 31.2 Å². The van der Waals surface area contributed by atoms with E-state index < -0.39 is 0 Å². The molecule has 1 aromatic heterocycles. The summed E-state index contributed by atoms with van der Waals surface area (Å²) in [5.41, 5.74) is 3.22. The number of hydrogen-bond acceptors (Lipinski definition) is 5. The molecule has 0 spiro atoms. The Morgan fingerprint density at radius 1 is 1.15 bits per heavy atom. The molecule has 1 N–H and O–H groups in total. The van der Waals surface area contributed by atoms with Crippen molar-refractivity contribution in [1.82, 2.24) is 4.98 Å². The second kappa shape index (κ2) is 8.21. The summed E-state index contributed by atoms with van der Waals surface area (Å²) in [6.07, 6.45) is 2.55. The van der Waals surface area contributed by atoms with E-state index in [9.17, 15) is 5.26 Å². The molecular formula is C21H21N3O2. The van der Waals surface area contributed by atoms with Crippen LogP contribution in [0.3, 0.4) is 0 Å². The SMILES string of the molecule is CCCOc1ccc(CNc2c(C#N)cnc3ccccc23)cc1OC. The van der Waals surface area contributed by atoms with Crippen LogP contribution in [0.5, 0.6) is 11.5 Å². The number of methoxy groups -OCH3 is 1. The zero-order valence-corrected chi connectivity index (χ0v) is 15.0. The molecule has 3 rings (SSSR count). The molecule has 0 bridgehead atoms. The third-order valence-electron chi connectivity index (χ3n) is 4.05. The van der Waals surface area contributed by atoms with Gasteiger partial charge in [0.25, 0.3) is 0 Å². The number of benzene rings is 2. The molecule has 1 heterocycles. The largest absolute Gasteiger partial charge is 0.493 e. The van der Waals surface area contributed by atoms with E-state index in [0.29, 0.717) is 24.5 Å². The van der Waals surface area contributed by atoms with Crippen molar-refractivity contribution in [2.24, 2.45) is 0 Å². The monoisotopic (exact) mass is 347 g/mol. The number of hydrogen-bond donors (Lipinski definition) is 1. The van der Waals surface area contributed by atoms with Gasteiger partial charge in [0.05, 0.1) is 30.5 Å². The van der Waals surface area contributed by atoms with E-state index >= 15 is 0 Å². The molecular weight excluding hydrogens is 326 g/mol. The fourth-order valence-corrected chi connectivity index (χ4v) is 2.76. The third kappa shape index (κ3) is 3.70. The molecule has 2 aromatic carbocycles. The van der Waals surface area contributed by atoms with Gasteiger partial charge in [-0.2, -0.15) is 5.26 Å². The van der Waals surface area contributed by atoms with E-state index in [1.54, 1.807) is 13.3 Å². The van der Waals surface area contributed by atoms with Crippen LogP contribution < -0.4 is 14.8 Å². The summed E-state index contributed by atoms with van der Waals surface area (Å²) in [4.78, 5) is 4.34. The molecule has 0 radical (unpaired) electrons. The van der Waals surface area contributed by atoms with Gasteiger partial charge in [0.15, 0.2) is 11.5 Å². The van der Waals surface area contributed by atoms with E-state index in [1.165, 1.54) is 0 Å². The van der Waals surface area contributed by atoms with Crippen molar-refractivity contribution < 1.29 is 9.47 Å². The first-order valence-corrected chi connectivity index (χ1v) is 8.58. The first-order valence-electron chi connectivity index (χ1n) is 8.58. The molecule has 0 fully saturated rings. The molecule has 0 atom stereocenters. The van der Waals surface area contributed by atoms with Crippen LogP contribution in [0.1, 0.15) is 24.5 Å². The number of nitrogens with one attached hydrogen (secondary N) is 1. The fourth-order valence-electron chi connectivity index (χ4n) is 2.76. The summed E-state index contributed by atoms with van der Waals surface area (Å²) in [7, 11) is 1.63. The molecule has 5 heteroatoms. The molecule has 0 unspecified atom stereocenters. The number of para-hydroxylation sites is 1. The number of ether oxygens (including phenoxy) is 2. The Bertz CT molecular complexity index is 948. The molecule has 26 heavy (non-hydrogen) atoms. The summed E-state index contributed by atoms with van der Waals surface area (Å²) in [6.45, 7) is 3.28. The van der Waals surface area contributed by atoms with E-state index in [-0.39, 0.29) is 0 Å². The minimum atomic E-state index is 0.526. The maximum atomic E-state index is 9.41. The van der Waals surface area contributed by atoms with Crippen LogP contribution in [0.4, 0.5) is 5.69 Å². The van der Waals surface area contributed by atoms with E-state index in [1.807, 2.05) is 42.5 Å². The molecule has 0 amide bonds. The summed E-state index contributed by atoms with van der Waals surface area (Å²) in [5, 5.41) is 13.7. The molecule has 0 aliphatic rings. The molecule has 132 valence electrons. The lowest BCUT2D eigenvalue weighted by Crippen LogP contribution is -2.04. The maximum Gasteiger partial charge on any atom is 0.161 e. The van der Waals surface area contributed by atoms with E-state index in [0.717, 1.165) is 34.3 Å². The van der Waals surface area contributed by atoms with Crippen LogP contribution in [0.15, 0.2) is 48.7 Å². The third-order valence-corrected chi connectivity index (χ3v) is 4.05. The Labute approximate surface area is 153 Å². The molecule has 0 saturated carbocycles. The average molecular weight is 347 g/mol. The van der Waals surface area contributed by atoms with Crippen LogP contribution in [-0.4, -0.2) is 18.7 Å². The van der Waals surface area contributed by atoms with Gasteiger partial charge < -0.3 is 14.8 Å². The highest BCUT2D eigenvalue weighted by molar-refractivity contribution is 5.93. The topological polar surface area (TPSA) is 67.2 Å². The average Bonchev–Trinajstić information content (AvgIpc) is 2.70. The highest BCUT2D eigenvalue weighted by Crippen LogP contribution is 2.30. The standard InChI is InChI=1S/C21H21N3O2/c1-3-10-26-19-9-8-15(11-20(19)25-2)13-24-21-16(12-22)14-23-18-7-5-4-6-17(18)21/h4-9,11,14H,3,10,13H2,1-2H3,(H,23,24). The zero-order chi connectivity index (χ0) is 18.4. The summed E-state index contributed by atoms with van der Waals surface area (Å²) < 4.78 is 11.1. The minimum absolute atomic E-state index is 0.526. The van der Waals surface area contributed by atoms with Crippen LogP contribution >= 0.6 is 0 Å². The molecule has 0 aliphatic heterocycles. The van der Waals surface area contributed by atoms with Crippen LogP contribution in [0, 0.1) is 11.3 Å². The Balaban J connectivity index is 1.85. The Kier molecular flexibility index (Phi) is 5.55. The number of aromatic nitrogens is 1. The highest BCUT2D eigenvalue weighted by Gasteiger charge is 2.10. The number of nitriles is 1. The van der Waals surface area contributed by atoms with Crippen LogP contribution in [-0.2, 0) is 6.54 Å². The zero-order valence-electron chi connectivity index (χ0n) is 15.0. The van der Waals surface area contributed by atoms with Gasteiger partial charge in [0.1, 0.15) is 6.07 Å². The van der Waals surface area contributed by atoms with Gasteiger partial charge in [-0.15, -0.1) is 0 Å². The van der Waals surface area contributed by atoms with Gasteiger partial charge in [0, 0.05) is 18.1 Å². The van der Waals surface area contributed by atoms with E-state index in [4.69, 9.17) is 9.47 Å². The number of anilines is 1. The van der Waals surface area contributed by atoms with Gasteiger partial charge in [-0.25, -0.2) is 0 Å². The quantitative estimate of drug-likeness (QED) is 0.681. The van der Waals surface area contributed by atoms with E-state index in [2.05, 4.69) is 23.3 Å². The van der Waals surface area contributed by atoms with Crippen LogP contribution in [0.25, 0.3) is 10.9 Å². The van der Waals surface area contributed by atoms with Crippen molar-refractivity contribution in [3.05, 3.63) is 59.8 Å². The van der Waals surface area contributed by atoms with Crippen molar-refractivity contribution in [2.75, 3.05) is 19.0 Å².